The Bertz CT molecular complexity index is 432. The third-order valence-electron chi connectivity index (χ3n) is 3.05. The van der Waals surface area contributed by atoms with Crippen LogP contribution in [-0.4, -0.2) is 68.1 Å². The van der Waals surface area contributed by atoms with E-state index in [0.29, 0.717) is 19.4 Å². The minimum atomic E-state index is -3.55. The molecule has 0 aromatic rings. The molecule has 0 aromatic carbocycles. The van der Waals surface area contributed by atoms with E-state index in [0.717, 1.165) is 11.3 Å². The third-order valence-corrected chi connectivity index (χ3v) is 4.53. The molecule has 1 fully saturated rings. The summed E-state index contributed by atoms with van der Waals surface area (Å²) in [7, 11) is -2.17. The SMILES string of the molecule is COCCS(=O)(=O)CC(=O)N1CCCCC1C(=O)O. The minimum absolute atomic E-state index is 0.0258. The van der Waals surface area contributed by atoms with E-state index in [1.807, 2.05) is 0 Å². The molecule has 1 heterocycles. The van der Waals surface area contributed by atoms with Gasteiger partial charge in [0.15, 0.2) is 9.84 Å². The minimum Gasteiger partial charge on any atom is -0.480 e. The van der Waals surface area contributed by atoms with Gasteiger partial charge in [0, 0.05) is 13.7 Å². The van der Waals surface area contributed by atoms with Gasteiger partial charge in [0.25, 0.3) is 0 Å². The number of ether oxygens (including phenoxy) is 1. The fourth-order valence-corrected chi connectivity index (χ4v) is 3.15. The van der Waals surface area contributed by atoms with Crippen molar-refractivity contribution in [3.63, 3.8) is 0 Å². The van der Waals surface area contributed by atoms with Crippen molar-refractivity contribution in [3.05, 3.63) is 0 Å². The number of piperidine rings is 1. The summed E-state index contributed by atoms with van der Waals surface area (Å²) < 4.78 is 28.0. The Balaban J connectivity index is 2.67. The van der Waals surface area contributed by atoms with Gasteiger partial charge in [0.2, 0.25) is 5.91 Å². The first-order chi connectivity index (χ1) is 8.87. The van der Waals surface area contributed by atoms with E-state index in [1.165, 1.54) is 7.11 Å². The van der Waals surface area contributed by atoms with Crippen LogP contribution in [0.15, 0.2) is 0 Å². The lowest BCUT2D eigenvalue weighted by Gasteiger charge is -2.32. The highest BCUT2D eigenvalue weighted by molar-refractivity contribution is 7.92. The van der Waals surface area contributed by atoms with Crippen molar-refractivity contribution in [1.29, 1.82) is 0 Å². The highest BCUT2D eigenvalue weighted by atomic mass is 32.2. The number of aliphatic carboxylic acids is 1. The molecular weight excluding hydrogens is 274 g/mol. The van der Waals surface area contributed by atoms with Crippen molar-refractivity contribution in [2.45, 2.75) is 25.3 Å². The van der Waals surface area contributed by atoms with Crippen molar-refractivity contribution >= 4 is 21.7 Å². The zero-order chi connectivity index (χ0) is 14.5. The Hall–Kier alpha value is -1.15. The lowest BCUT2D eigenvalue weighted by Crippen LogP contribution is -2.50. The number of carbonyl (C=O) groups excluding carboxylic acids is 1. The van der Waals surface area contributed by atoms with Gasteiger partial charge in [-0.2, -0.15) is 0 Å². The van der Waals surface area contributed by atoms with Crippen LogP contribution in [-0.2, 0) is 24.2 Å². The maximum Gasteiger partial charge on any atom is 0.326 e. The highest BCUT2D eigenvalue weighted by Gasteiger charge is 2.33. The number of rotatable bonds is 6. The van der Waals surface area contributed by atoms with Gasteiger partial charge in [-0.05, 0) is 19.3 Å². The van der Waals surface area contributed by atoms with Crippen LogP contribution in [0.25, 0.3) is 0 Å². The molecule has 1 rings (SSSR count). The number of carboxylic acids is 1. The first kappa shape index (κ1) is 15.9. The maximum atomic E-state index is 11.9. The Labute approximate surface area is 112 Å². The van der Waals surface area contributed by atoms with Crippen LogP contribution in [0.4, 0.5) is 0 Å². The number of carboxylic acid groups (broad SMARTS) is 1. The standard InChI is InChI=1S/C11H19NO6S/c1-18-6-7-19(16,17)8-10(13)12-5-3-2-4-9(12)11(14)15/h9H,2-8H2,1H3,(H,14,15). The molecule has 1 amide bonds. The van der Waals surface area contributed by atoms with Crippen LogP contribution in [0.1, 0.15) is 19.3 Å². The molecule has 1 N–H and O–H groups in total. The fourth-order valence-electron chi connectivity index (χ4n) is 2.04. The Kier molecular flexibility index (Phi) is 5.74. The molecule has 1 atom stereocenters. The number of amides is 1. The van der Waals surface area contributed by atoms with Gasteiger partial charge >= 0.3 is 5.97 Å². The smallest absolute Gasteiger partial charge is 0.326 e. The second-order valence-electron chi connectivity index (χ2n) is 4.52. The second-order valence-corrected chi connectivity index (χ2v) is 6.71. The third kappa shape index (κ3) is 4.79. The first-order valence-corrected chi connectivity index (χ1v) is 7.91. The van der Waals surface area contributed by atoms with Crippen LogP contribution in [0.3, 0.4) is 0 Å². The summed E-state index contributed by atoms with van der Waals surface area (Å²) in [6.07, 6.45) is 1.81. The molecule has 110 valence electrons. The molecular formula is C11H19NO6S. The first-order valence-electron chi connectivity index (χ1n) is 6.09. The van der Waals surface area contributed by atoms with E-state index in [9.17, 15) is 18.0 Å². The van der Waals surface area contributed by atoms with Gasteiger partial charge in [-0.1, -0.05) is 0 Å². The number of nitrogens with zero attached hydrogens (tertiary/aromatic N) is 1. The molecule has 0 aromatic heterocycles. The molecule has 0 aliphatic carbocycles. The summed E-state index contributed by atoms with van der Waals surface area (Å²) in [6.45, 7) is 0.327. The summed E-state index contributed by atoms with van der Waals surface area (Å²) in [4.78, 5) is 24.1. The highest BCUT2D eigenvalue weighted by Crippen LogP contribution is 2.17. The molecule has 0 radical (unpaired) electrons. The van der Waals surface area contributed by atoms with E-state index in [-0.39, 0.29) is 12.4 Å². The fraction of sp³-hybridized carbons (Fsp3) is 0.818. The van der Waals surface area contributed by atoms with Gasteiger partial charge in [-0.15, -0.1) is 0 Å². The molecule has 0 spiro atoms. The maximum absolute atomic E-state index is 11.9. The molecule has 19 heavy (non-hydrogen) atoms. The van der Waals surface area contributed by atoms with E-state index in [4.69, 9.17) is 5.11 Å². The van der Waals surface area contributed by atoms with Gasteiger partial charge in [0.1, 0.15) is 11.8 Å². The molecule has 1 aliphatic rings. The number of hydrogen-bond donors (Lipinski definition) is 1. The number of sulfone groups is 1. The second kappa shape index (κ2) is 6.85. The van der Waals surface area contributed by atoms with Crippen LogP contribution in [0, 0.1) is 0 Å². The lowest BCUT2D eigenvalue weighted by atomic mass is 10.0. The Morgan fingerprint density at radius 3 is 2.63 bits per heavy atom. The number of carbonyl (C=O) groups is 2. The lowest BCUT2D eigenvalue weighted by molar-refractivity contribution is -0.151. The van der Waals surface area contributed by atoms with E-state index < -0.39 is 33.5 Å². The topological polar surface area (TPSA) is 101 Å². The van der Waals surface area contributed by atoms with Crippen LogP contribution in [0.2, 0.25) is 0 Å². The largest absolute Gasteiger partial charge is 0.480 e. The molecule has 1 unspecified atom stereocenters. The van der Waals surface area contributed by atoms with Crippen molar-refractivity contribution < 1.29 is 27.9 Å². The van der Waals surface area contributed by atoms with E-state index >= 15 is 0 Å². The van der Waals surface area contributed by atoms with E-state index in [1.54, 1.807) is 0 Å². The quantitative estimate of drug-likeness (QED) is 0.709. The van der Waals surface area contributed by atoms with Crippen molar-refractivity contribution in [3.8, 4) is 0 Å². The molecule has 7 nitrogen and oxygen atoms in total. The summed E-state index contributed by atoms with van der Waals surface area (Å²) >= 11 is 0. The number of likely N-dealkylation sites (tertiary alicyclic amines) is 1. The van der Waals surface area contributed by atoms with E-state index in [2.05, 4.69) is 4.74 Å². The van der Waals surface area contributed by atoms with Gasteiger partial charge < -0.3 is 14.7 Å². The summed E-state index contributed by atoms with van der Waals surface area (Å²) in [6, 6.07) is -0.904. The molecule has 8 heteroatoms. The Morgan fingerprint density at radius 1 is 1.37 bits per heavy atom. The average molecular weight is 293 g/mol. The summed E-state index contributed by atoms with van der Waals surface area (Å²) in [5, 5.41) is 9.03. The normalized spacial score (nSPS) is 20.3. The summed E-state index contributed by atoms with van der Waals surface area (Å²) in [5.74, 6) is -2.61. The Morgan fingerprint density at radius 2 is 2.05 bits per heavy atom. The zero-order valence-corrected chi connectivity index (χ0v) is 11.7. The molecule has 1 saturated heterocycles. The van der Waals surface area contributed by atoms with Crippen molar-refractivity contribution in [2.75, 3.05) is 31.8 Å². The van der Waals surface area contributed by atoms with Gasteiger partial charge in [-0.25, -0.2) is 13.2 Å². The predicted octanol–water partition coefficient (Wildman–Crippen LogP) is -0.487. The van der Waals surface area contributed by atoms with Gasteiger partial charge in [0.05, 0.1) is 12.4 Å². The monoisotopic (exact) mass is 293 g/mol. The molecule has 0 saturated carbocycles. The zero-order valence-electron chi connectivity index (χ0n) is 10.9. The number of methoxy groups -OCH3 is 1. The van der Waals surface area contributed by atoms with Gasteiger partial charge in [-0.3, -0.25) is 4.79 Å². The number of hydrogen-bond acceptors (Lipinski definition) is 5. The molecule has 1 aliphatic heterocycles. The van der Waals surface area contributed by atoms with Crippen LogP contribution >= 0.6 is 0 Å². The summed E-state index contributed by atoms with van der Waals surface area (Å²) in [5.41, 5.74) is 0. The van der Waals surface area contributed by atoms with Crippen LogP contribution in [0.5, 0.6) is 0 Å². The molecule has 0 bridgehead atoms. The average Bonchev–Trinajstić information content (AvgIpc) is 2.36. The van der Waals surface area contributed by atoms with Crippen molar-refractivity contribution in [2.24, 2.45) is 0 Å². The van der Waals surface area contributed by atoms with Crippen LogP contribution < -0.4 is 0 Å². The van der Waals surface area contributed by atoms with Crippen molar-refractivity contribution in [1.82, 2.24) is 4.90 Å². The predicted molar refractivity (Wildman–Crippen MR) is 67.5 cm³/mol.